The monoisotopic (exact) mass is 499 g/mol. The Morgan fingerprint density at radius 2 is 1.86 bits per heavy atom. The standard InChI is InChI=1S/C21H15Br2N3O2/c22-10-17-18(23)11-24-20-19(17)21(27)26(13-25-20)15-7-4-8-16(9-15)28-12-14-5-2-1-3-6-14/h1-9,11,13H,10,12H2. The van der Waals surface area contributed by atoms with Gasteiger partial charge in [0, 0.05) is 22.1 Å². The summed E-state index contributed by atoms with van der Waals surface area (Å²) in [6.45, 7) is 0.458. The van der Waals surface area contributed by atoms with Crippen molar-refractivity contribution in [2.75, 3.05) is 0 Å². The lowest BCUT2D eigenvalue weighted by atomic mass is 10.2. The van der Waals surface area contributed by atoms with Crippen LogP contribution in [0.4, 0.5) is 0 Å². The maximum atomic E-state index is 13.2. The molecular formula is C21H15Br2N3O2. The smallest absolute Gasteiger partial charge is 0.267 e. The molecule has 4 rings (SSSR count). The number of hydrogen-bond acceptors (Lipinski definition) is 4. The molecule has 2 aromatic heterocycles. The molecule has 2 heterocycles. The number of alkyl halides is 1. The normalized spacial score (nSPS) is 10.9. The SMILES string of the molecule is O=c1c2c(CBr)c(Br)cnc2ncn1-c1cccc(OCc2ccccc2)c1. The highest BCUT2D eigenvalue weighted by atomic mass is 79.9. The van der Waals surface area contributed by atoms with Gasteiger partial charge in [-0.15, -0.1) is 0 Å². The fourth-order valence-corrected chi connectivity index (χ4v) is 4.30. The molecule has 0 spiro atoms. The van der Waals surface area contributed by atoms with Crippen LogP contribution in [-0.4, -0.2) is 14.5 Å². The third kappa shape index (κ3) is 3.72. The van der Waals surface area contributed by atoms with E-state index in [1.807, 2.05) is 54.6 Å². The van der Waals surface area contributed by atoms with E-state index in [-0.39, 0.29) is 5.56 Å². The van der Waals surface area contributed by atoms with Gasteiger partial charge in [0.1, 0.15) is 18.7 Å². The van der Waals surface area contributed by atoms with Crippen molar-refractivity contribution in [3.8, 4) is 11.4 Å². The Balaban J connectivity index is 1.72. The first-order valence-corrected chi connectivity index (χ1v) is 10.5. The van der Waals surface area contributed by atoms with Crippen LogP contribution in [0.25, 0.3) is 16.7 Å². The maximum Gasteiger partial charge on any atom is 0.267 e. The predicted molar refractivity (Wildman–Crippen MR) is 116 cm³/mol. The van der Waals surface area contributed by atoms with E-state index in [1.165, 1.54) is 10.9 Å². The van der Waals surface area contributed by atoms with Crippen LogP contribution in [0.2, 0.25) is 0 Å². The second kappa shape index (κ2) is 8.24. The number of hydrogen-bond donors (Lipinski definition) is 0. The first-order chi connectivity index (χ1) is 13.7. The Labute approximate surface area is 178 Å². The molecule has 0 saturated carbocycles. The van der Waals surface area contributed by atoms with Gasteiger partial charge in [0.15, 0.2) is 5.65 Å². The molecule has 0 saturated heterocycles. The number of benzene rings is 2. The molecule has 0 unspecified atom stereocenters. The predicted octanol–water partition coefficient (Wildman–Crippen LogP) is 5.02. The molecule has 0 N–H and O–H groups in total. The van der Waals surface area contributed by atoms with Gasteiger partial charge in [0.05, 0.1) is 11.1 Å². The number of aromatic nitrogens is 3. The van der Waals surface area contributed by atoms with E-state index in [9.17, 15) is 4.79 Å². The number of nitrogens with zero attached hydrogens (tertiary/aromatic N) is 3. The third-order valence-electron chi connectivity index (χ3n) is 4.32. The van der Waals surface area contributed by atoms with Crippen LogP contribution in [0.15, 0.2) is 76.4 Å². The van der Waals surface area contributed by atoms with Gasteiger partial charge in [-0.3, -0.25) is 9.36 Å². The van der Waals surface area contributed by atoms with Crippen LogP contribution in [0.5, 0.6) is 5.75 Å². The lowest BCUT2D eigenvalue weighted by molar-refractivity contribution is 0.306. The van der Waals surface area contributed by atoms with Crippen molar-refractivity contribution in [2.24, 2.45) is 0 Å². The summed E-state index contributed by atoms with van der Waals surface area (Å²) in [6, 6.07) is 17.3. The number of rotatable bonds is 5. The fourth-order valence-electron chi connectivity index (χ4n) is 2.90. The molecule has 4 aromatic rings. The van der Waals surface area contributed by atoms with Crippen molar-refractivity contribution in [2.45, 2.75) is 11.9 Å². The first kappa shape index (κ1) is 18.8. The lowest BCUT2D eigenvalue weighted by Gasteiger charge is -2.11. The minimum absolute atomic E-state index is 0.173. The highest BCUT2D eigenvalue weighted by Crippen LogP contribution is 2.24. The summed E-state index contributed by atoms with van der Waals surface area (Å²) in [4.78, 5) is 21.8. The second-order valence-electron chi connectivity index (χ2n) is 6.11. The van der Waals surface area contributed by atoms with Crippen LogP contribution < -0.4 is 10.3 Å². The van der Waals surface area contributed by atoms with Gasteiger partial charge in [-0.1, -0.05) is 52.3 Å². The zero-order valence-electron chi connectivity index (χ0n) is 14.7. The molecule has 0 atom stereocenters. The summed E-state index contributed by atoms with van der Waals surface area (Å²) in [6.07, 6.45) is 3.16. The van der Waals surface area contributed by atoms with Gasteiger partial charge in [-0.25, -0.2) is 9.97 Å². The van der Waals surface area contributed by atoms with Crippen molar-refractivity contribution in [3.05, 3.63) is 93.1 Å². The highest BCUT2D eigenvalue weighted by molar-refractivity contribution is 9.10. The first-order valence-electron chi connectivity index (χ1n) is 8.55. The summed E-state index contributed by atoms with van der Waals surface area (Å²) in [5.74, 6) is 0.682. The Kier molecular flexibility index (Phi) is 5.54. The zero-order chi connectivity index (χ0) is 19.5. The molecule has 5 nitrogen and oxygen atoms in total. The van der Waals surface area contributed by atoms with E-state index < -0.39 is 0 Å². The van der Waals surface area contributed by atoms with Crippen molar-refractivity contribution in [1.82, 2.24) is 14.5 Å². The Morgan fingerprint density at radius 1 is 1.04 bits per heavy atom. The Hall–Kier alpha value is -2.51. The molecule has 0 amide bonds. The van der Waals surface area contributed by atoms with Crippen molar-refractivity contribution in [1.29, 1.82) is 0 Å². The van der Waals surface area contributed by atoms with Crippen LogP contribution in [0.3, 0.4) is 0 Å². The molecule has 2 aromatic carbocycles. The number of fused-ring (bicyclic) bond motifs is 1. The van der Waals surface area contributed by atoms with Gasteiger partial charge in [0.25, 0.3) is 5.56 Å². The van der Waals surface area contributed by atoms with Crippen molar-refractivity contribution < 1.29 is 4.74 Å². The van der Waals surface area contributed by atoms with E-state index >= 15 is 0 Å². The fraction of sp³-hybridized carbons (Fsp3) is 0.0952. The minimum atomic E-state index is -0.173. The lowest BCUT2D eigenvalue weighted by Crippen LogP contribution is -2.20. The summed E-state index contributed by atoms with van der Waals surface area (Å²) in [5.41, 5.74) is 2.85. The van der Waals surface area contributed by atoms with E-state index in [4.69, 9.17) is 4.74 Å². The maximum absolute atomic E-state index is 13.2. The van der Waals surface area contributed by atoms with Gasteiger partial charge < -0.3 is 4.74 Å². The average Bonchev–Trinajstić information content (AvgIpc) is 2.74. The second-order valence-corrected chi connectivity index (χ2v) is 7.52. The molecule has 0 aliphatic heterocycles. The molecule has 28 heavy (non-hydrogen) atoms. The van der Waals surface area contributed by atoms with Gasteiger partial charge in [-0.05, 0) is 39.2 Å². The average molecular weight is 501 g/mol. The summed E-state index contributed by atoms with van der Waals surface area (Å²) >= 11 is 6.90. The van der Waals surface area contributed by atoms with Crippen LogP contribution in [0.1, 0.15) is 11.1 Å². The summed E-state index contributed by atoms with van der Waals surface area (Å²) in [5, 5.41) is 1.01. The van der Waals surface area contributed by atoms with E-state index in [1.54, 1.807) is 6.20 Å². The largest absolute Gasteiger partial charge is 0.489 e. The summed E-state index contributed by atoms with van der Waals surface area (Å²) < 4.78 is 8.17. The van der Waals surface area contributed by atoms with Crippen LogP contribution in [0, 0.1) is 0 Å². The number of pyridine rings is 1. The van der Waals surface area contributed by atoms with Crippen molar-refractivity contribution >= 4 is 42.9 Å². The van der Waals surface area contributed by atoms with Gasteiger partial charge in [-0.2, -0.15) is 0 Å². The van der Waals surface area contributed by atoms with Crippen molar-refractivity contribution in [3.63, 3.8) is 0 Å². The van der Waals surface area contributed by atoms with Crippen LogP contribution in [-0.2, 0) is 11.9 Å². The Bertz CT molecular complexity index is 1190. The van der Waals surface area contributed by atoms with E-state index in [2.05, 4.69) is 41.8 Å². The molecule has 0 radical (unpaired) electrons. The molecule has 0 fully saturated rings. The summed E-state index contributed by atoms with van der Waals surface area (Å²) in [7, 11) is 0. The Morgan fingerprint density at radius 3 is 2.64 bits per heavy atom. The molecule has 0 bridgehead atoms. The minimum Gasteiger partial charge on any atom is -0.489 e. The number of ether oxygens (including phenoxy) is 1. The molecule has 140 valence electrons. The topological polar surface area (TPSA) is 57.0 Å². The molecule has 7 heteroatoms. The number of halogens is 2. The highest BCUT2D eigenvalue weighted by Gasteiger charge is 2.14. The van der Waals surface area contributed by atoms with Crippen LogP contribution >= 0.6 is 31.9 Å². The van der Waals surface area contributed by atoms with E-state index in [0.717, 1.165) is 15.6 Å². The van der Waals surface area contributed by atoms with Gasteiger partial charge in [0.2, 0.25) is 0 Å². The molecule has 0 aliphatic rings. The third-order valence-corrected chi connectivity index (χ3v) is 5.56. The van der Waals surface area contributed by atoms with E-state index in [0.29, 0.717) is 34.4 Å². The molecular weight excluding hydrogens is 486 g/mol. The quantitative estimate of drug-likeness (QED) is 0.361. The van der Waals surface area contributed by atoms with Gasteiger partial charge >= 0.3 is 0 Å². The zero-order valence-corrected chi connectivity index (χ0v) is 17.9. The molecule has 0 aliphatic carbocycles.